The molecular weight excluding hydrogens is 508 g/mol. The number of carbonyl (C=O) groups excluding carboxylic acids is 2. The van der Waals surface area contributed by atoms with E-state index in [9.17, 15) is 14.7 Å². The first kappa shape index (κ1) is 31.7. The van der Waals surface area contributed by atoms with Crippen LogP contribution >= 0.6 is 0 Å². The summed E-state index contributed by atoms with van der Waals surface area (Å²) in [5.41, 5.74) is 6.35. The van der Waals surface area contributed by atoms with Crippen LogP contribution in [0.2, 0.25) is 0 Å². The summed E-state index contributed by atoms with van der Waals surface area (Å²) in [6, 6.07) is 0. The van der Waals surface area contributed by atoms with E-state index in [1.165, 1.54) is 58.8 Å². The minimum atomic E-state index is -0.433. The standard InChI is InChI=1S/C32H56N2O6/c1-21(35)38-27(19-28(39-22(2)36)16-23-8-4-3-5-9-23)13-12-24-17-31(40-26-10-6-7-11-26)30(37)20-29(24)25-14-15-34-32(33)18-25/h23-32,34,37H,3-20,33H2,1-2H3/p+1/t24?,25?,27-,28+,29?,30?,31?,32?/m1/s1. The molecule has 40 heavy (non-hydrogen) atoms. The van der Waals surface area contributed by atoms with Crippen molar-refractivity contribution < 1.29 is 34.2 Å². The molecule has 1 aliphatic heterocycles. The third-order valence-corrected chi connectivity index (χ3v) is 10.3. The van der Waals surface area contributed by atoms with Crippen LogP contribution in [0.15, 0.2) is 0 Å². The van der Waals surface area contributed by atoms with Gasteiger partial charge in [-0.05, 0) is 75.0 Å². The Morgan fingerprint density at radius 1 is 0.900 bits per heavy atom. The maximum absolute atomic E-state index is 12.1. The first-order chi connectivity index (χ1) is 19.3. The van der Waals surface area contributed by atoms with Crippen LogP contribution < -0.4 is 11.1 Å². The molecule has 3 saturated carbocycles. The molecule has 0 radical (unpaired) electrons. The van der Waals surface area contributed by atoms with E-state index in [2.05, 4.69) is 5.32 Å². The number of esters is 2. The van der Waals surface area contributed by atoms with E-state index < -0.39 is 6.10 Å². The highest BCUT2D eigenvalue weighted by Gasteiger charge is 2.43. The van der Waals surface area contributed by atoms with Crippen LogP contribution in [0.25, 0.3) is 0 Å². The smallest absolute Gasteiger partial charge is 0.302 e. The monoisotopic (exact) mass is 565 g/mol. The molecule has 4 fully saturated rings. The second-order valence-electron chi connectivity index (χ2n) is 13.5. The average molecular weight is 566 g/mol. The van der Waals surface area contributed by atoms with E-state index in [0.29, 0.717) is 30.1 Å². The highest BCUT2D eigenvalue weighted by atomic mass is 16.6. The molecule has 4 aliphatic rings. The predicted molar refractivity (Wildman–Crippen MR) is 153 cm³/mol. The summed E-state index contributed by atoms with van der Waals surface area (Å²) in [5, 5.41) is 13.4. The molecule has 230 valence electrons. The van der Waals surface area contributed by atoms with E-state index in [4.69, 9.17) is 19.9 Å². The van der Waals surface area contributed by atoms with E-state index in [1.807, 2.05) is 0 Å². The quantitative estimate of drug-likeness (QED) is 0.306. The molecule has 0 aromatic rings. The molecule has 8 atom stereocenters. The number of aliphatic hydroxyl groups is 1. The minimum absolute atomic E-state index is 0.125. The van der Waals surface area contributed by atoms with Crippen molar-refractivity contribution in [3.8, 4) is 0 Å². The maximum atomic E-state index is 12.1. The maximum Gasteiger partial charge on any atom is 0.302 e. The van der Waals surface area contributed by atoms with E-state index >= 15 is 0 Å². The SMILES string of the molecule is CC(=O)O[C@H](CCC1CC(OC2CCCC2)C(O)CC1C1CC[NH2+]C(N)C1)C[C@H](CC1CCCCC1)OC(C)=O. The first-order valence-corrected chi connectivity index (χ1v) is 16.5. The van der Waals surface area contributed by atoms with Crippen LogP contribution in [0.4, 0.5) is 0 Å². The van der Waals surface area contributed by atoms with E-state index in [1.54, 1.807) is 0 Å². The molecule has 0 aromatic heterocycles. The normalized spacial score (nSPS) is 33.8. The summed E-state index contributed by atoms with van der Waals surface area (Å²) in [5.74, 6) is 1.30. The lowest BCUT2D eigenvalue weighted by Gasteiger charge is -2.45. The summed E-state index contributed by atoms with van der Waals surface area (Å²) in [7, 11) is 0. The lowest BCUT2D eigenvalue weighted by Crippen LogP contribution is -2.94. The number of piperidine rings is 1. The Kier molecular flexibility index (Phi) is 12.6. The van der Waals surface area contributed by atoms with Crippen molar-refractivity contribution in [2.75, 3.05) is 6.54 Å². The molecular formula is C32H57N2O6+. The van der Waals surface area contributed by atoms with Crippen molar-refractivity contribution in [3.05, 3.63) is 0 Å². The highest BCUT2D eigenvalue weighted by molar-refractivity contribution is 5.66. The van der Waals surface area contributed by atoms with Gasteiger partial charge in [-0.15, -0.1) is 0 Å². The van der Waals surface area contributed by atoms with Gasteiger partial charge in [0.1, 0.15) is 18.4 Å². The van der Waals surface area contributed by atoms with E-state index in [-0.39, 0.29) is 42.5 Å². The number of ether oxygens (including phenoxy) is 3. The largest absolute Gasteiger partial charge is 0.462 e. The number of hydrogen-bond acceptors (Lipinski definition) is 7. The van der Waals surface area contributed by atoms with Crippen molar-refractivity contribution >= 4 is 11.9 Å². The molecule has 6 unspecified atom stereocenters. The Morgan fingerprint density at radius 2 is 1.57 bits per heavy atom. The second-order valence-corrected chi connectivity index (χ2v) is 13.5. The van der Waals surface area contributed by atoms with Gasteiger partial charge < -0.3 is 24.6 Å². The fourth-order valence-electron chi connectivity index (χ4n) is 8.43. The van der Waals surface area contributed by atoms with Crippen molar-refractivity contribution in [1.29, 1.82) is 0 Å². The van der Waals surface area contributed by atoms with Crippen molar-refractivity contribution in [2.45, 2.75) is 160 Å². The van der Waals surface area contributed by atoms with Gasteiger partial charge in [-0.25, -0.2) is 0 Å². The number of hydrogen-bond donors (Lipinski definition) is 3. The molecule has 1 saturated heterocycles. The number of aliphatic hydroxyl groups excluding tert-OH is 1. The first-order valence-electron chi connectivity index (χ1n) is 16.5. The van der Waals surface area contributed by atoms with Crippen LogP contribution in [0, 0.1) is 23.7 Å². The number of nitrogens with two attached hydrogens (primary N) is 2. The lowest BCUT2D eigenvalue weighted by atomic mass is 9.66. The van der Waals surface area contributed by atoms with Crippen molar-refractivity contribution in [3.63, 3.8) is 0 Å². The van der Waals surface area contributed by atoms with Crippen LogP contribution in [0.1, 0.15) is 123 Å². The predicted octanol–water partition coefficient (Wildman–Crippen LogP) is 3.96. The molecule has 5 N–H and O–H groups in total. The molecule has 8 heteroatoms. The van der Waals surface area contributed by atoms with Crippen molar-refractivity contribution in [2.24, 2.45) is 29.4 Å². The van der Waals surface area contributed by atoms with Crippen LogP contribution in [-0.4, -0.2) is 60.3 Å². The van der Waals surface area contributed by atoms with Gasteiger partial charge in [0.25, 0.3) is 0 Å². The van der Waals surface area contributed by atoms with Gasteiger partial charge in [-0.3, -0.25) is 15.3 Å². The summed E-state index contributed by atoms with van der Waals surface area (Å²) in [6.45, 7) is 3.98. The molecule has 4 rings (SSSR count). The zero-order chi connectivity index (χ0) is 28.5. The zero-order valence-corrected chi connectivity index (χ0v) is 25.1. The summed E-state index contributed by atoms with van der Waals surface area (Å²) in [4.78, 5) is 24.1. The highest BCUT2D eigenvalue weighted by Crippen LogP contribution is 2.43. The number of rotatable bonds is 12. The second kappa shape index (κ2) is 15.9. The summed E-state index contributed by atoms with van der Waals surface area (Å²) in [6.07, 6.45) is 16.9. The minimum Gasteiger partial charge on any atom is -0.462 e. The molecule has 0 spiro atoms. The van der Waals surface area contributed by atoms with E-state index in [0.717, 1.165) is 64.3 Å². The van der Waals surface area contributed by atoms with Gasteiger partial charge in [-0.2, -0.15) is 0 Å². The third kappa shape index (κ3) is 9.95. The molecule has 3 aliphatic carbocycles. The van der Waals surface area contributed by atoms with Crippen LogP contribution in [0.3, 0.4) is 0 Å². The zero-order valence-electron chi connectivity index (χ0n) is 25.1. The average Bonchev–Trinajstić information content (AvgIpc) is 3.42. The molecule has 0 bridgehead atoms. The van der Waals surface area contributed by atoms with Gasteiger partial charge >= 0.3 is 11.9 Å². The Morgan fingerprint density at radius 3 is 2.25 bits per heavy atom. The summed E-state index contributed by atoms with van der Waals surface area (Å²) >= 11 is 0. The fourth-order valence-corrected chi connectivity index (χ4v) is 8.43. The van der Waals surface area contributed by atoms with Gasteiger partial charge in [0, 0.05) is 26.7 Å². The Hall–Kier alpha value is -1.22. The summed E-state index contributed by atoms with van der Waals surface area (Å²) < 4.78 is 18.1. The number of quaternary nitrogens is 1. The van der Waals surface area contributed by atoms with Crippen LogP contribution in [-0.2, 0) is 23.8 Å². The topological polar surface area (TPSA) is 125 Å². The molecule has 0 amide bonds. The van der Waals surface area contributed by atoms with Gasteiger partial charge in [0.2, 0.25) is 0 Å². The Labute approximate surface area is 241 Å². The van der Waals surface area contributed by atoms with Gasteiger partial charge in [0.05, 0.1) is 24.9 Å². The number of carbonyl (C=O) groups is 2. The van der Waals surface area contributed by atoms with Gasteiger partial charge in [0.15, 0.2) is 0 Å². The Balaban J connectivity index is 1.43. The molecule has 0 aromatic carbocycles. The Bertz CT molecular complexity index is 783. The molecule has 8 nitrogen and oxygen atoms in total. The third-order valence-electron chi connectivity index (χ3n) is 10.3. The lowest BCUT2D eigenvalue weighted by molar-refractivity contribution is -0.699. The van der Waals surface area contributed by atoms with Crippen LogP contribution in [0.5, 0.6) is 0 Å². The van der Waals surface area contributed by atoms with Crippen molar-refractivity contribution in [1.82, 2.24) is 0 Å². The van der Waals surface area contributed by atoms with Gasteiger partial charge in [-0.1, -0.05) is 44.9 Å². The molecule has 1 heterocycles. The fraction of sp³-hybridized carbons (Fsp3) is 0.938.